The van der Waals surface area contributed by atoms with Crippen LogP contribution in [0.5, 0.6) is 11.5 Å². The van der Waals surface area contributed by atoms with Crippen molar-refractivity contribution in [1.82, 2.24) is 14.3 Å². The first-order valence-corrected chi connectivity index (χ1v) is 10.8. The topological polar surface area (TPSA) is 84.9 Å². The Labute approximate surface area is 181 Å². The maximum absolute atomic E-state index is 12.7. The quantitative estimate of drug-likeness (QED) is 0.637. The van der Waals surface area contributed by atoms with Crippen LogP contribution in [0, 0.1) is 0 Å². The van der Waals surface area contributed by atoms with Crippen LogP contribution in [0.4, 0.5) is 5.13 Å². The SMILES string of the molecule is CCOc1cc([C@H]2CC(=O)N(CC(=O)N(C)c3nc(C(C)C)ns3)C2)ccc1OC. The van der Waals surface area contributed by atoms with Gasteiger partial charge in [0.05, 0.1) is 13.7 Å². The summed E-state index contributed by atoms with van der Waals surface area (Å²) in [6.07, 6.45) is 0.366. The third-order valence-corrected chi connectivity index (χ3v) is 5.91. The zero-order valence-corrected chi connectivity index (χ0v) is 18.9. The van der Waals surface area contributed by atoms with E-state index in [0.29, 0.717) is 36.2 Å². The summed E-state index contributed by atoms with van der Waals surface area (Å²) < 4.78 is 15.3. The first kappa shape index (κ1) is 22.0. The number of hydrogen-bond donors (Lipinski definition) is 0. The van der Waals surface area contributed by atoms with E-state index in [1.54, 1.807) is 19.1 Å². The Balaban J connectivity index is 1.66. The molecule has 30 heavy (non-hydrogen) atoms. The van der Waals surface area contributed by atoms with Crippen LogP contribution in [0.25, 0.3) is 0 Å². The number of carbonyl (C=O) groups excluding carboxylic acids is 2. The summed E-state index contributed by atoms with van der Waals surface area (Å²) in [6.45, 7) is 6.97. The van der Waals surface area contributed by atoms with Gasteiger partial charge in [0.25, 0.3) is 0 Å². The van der Waals surface area contributed by atoms with E-state index in [1.165, 1.54) is 16.4 Å². The van der Waals surface area contributed by atoms with Gasteiger partial charge in [-0.1, -0.05) is 19.9 Å². The number of methoxy groups -OCH3 is 1. The van der Waals surface area contributed by atoms with E-state index < -0.39 is 0 Å². The average molecular weight is 433 g/mol. The van der Waals surface area contributed by atoms with Crippen molar-refractivity contribution in [3.05, 3.63) is 29.6 Å². The van der Waals surface area contributed by atoms with E-state index in [4.69, 9.17) is 9.47 Å². The predicted octanol–water partition coefficient (Wildman–Crippen LogP) is 3.05. The summed E-state index contributed by atoms with van der Waals surface area (Å²) in [4.78, 5) is 32.8. The molecule has 2 heterocycles. The summed E-state index contributed by atoms with van der Waals surface area (Å²) in [5.41, 5.74) is 1.00. The second kappa shape index (κ2) is 9.42. The number of hydrogen-bond acceptors (Lipinski definition) is 7. The van der Waals surface area contributed by atoms with Gasteiger partial charge >= 0.3 is 0 Å². The van der Waals surface area contributed by atoms with Crippen LogP contribution in [0.1, 0.15) is 50.4 Å². The van der Waals surface area contributed by atoms with Gasteiger partial charge in [0, 0.05) is 43.4 Å². The van der Waals surface area contributed by atoms with E-state index in [1.807, 2.05) is 39.0 Å². The largest absolute Gasteiger partial charge is 0.493 e. The second-order valence-electron chi connectivity index (χ2n) is 7.56. The van der Waals surface area contributed by atoms with E-state index in [9.17, 15) is 9.59 Å². The normalized spacial score (nSPS) is 16.3. The van der Waals surface area contributed by atoms with Crippen LogP contribution < -0.4 is 14.4 Å². The van der Waals surface area contributed by atoms with Crippen molar-refractivity contribution in [2.45, 2.75) is 39.0 Å². The fraction of sp³-hybridized carbons (Fsp3) is 0.524. The zero-order valence-electron chi connectivity index (χ0n) is 18.0. The van der Waals surface area contributed by atoms with Gasteiger partial charge in [-0.25, -0.2) is 4.98 Å². The van der Waals surface area contributed by atoms with Crippen molar-refractivity contribution < 1.29 is 19.1 Å². The first-order valence-electron chi connectivity index (χ1n) is 10.0. The lowest BCUT2D eigenvalue weighted by atomic mass is 9.98. The summed E-state index contributed by atoms with van der Waals surface area (Å²) >= 11 is 1.19. The second-order valence-corrected chi connectivity index (χ2v) is 8.29. The number of anilines is 1. The minimum atomic E-state index is -0.180. The van der Waals surface area contributed by atoms with Crippen LogP contribution in [-0.4, -0.2) is 59.9 Å². The highest BCUT2D eigenvalue weighted by molar-refractivity contribution is 7.09. The number of rotatable bonds is 8. The number of amides is 2. The number of nitrogens with zero attached hydrogens (tertiary/aromatic N) is 4. The lowest BCUT2D eigenvalue weighted by Gasteiger charge is -2.20. The van der Waals surface area contributed by atoms with Gasteiger partial charge in [0.15, 0.2) is 11.5 Å². The molecule has 0 radical (unpaired) electrons. The molecule has 0 N–H and O–H groups in total. The molecule has 0 bridgehead atoms. The van der Waals surface area contributed by atoms with Crippen molar-refractivity contribution in [3.63, 3.8) is 0 Å². The van der Waals surface area contributed by atoms with Crippen molar-refractivity contribution >= 4 is 28.5 Å². The Morgan fingerprint density at radius 3 is 2.77 bits per heavy atom. The van der Waals surface area contributed by atoms with Crippen LogP contribution >= 0.6 is 11.5 Å². The molecule has 3 rings (SSSR count). The van der Waals surface area contributed by atoms with Crippen LogP contribution in [0.2, 0.25) is 0 Å². The molecule has 1 atom stereocenters. The third-order valence-electron chi connectivity index (χ3n) is 5.11. The fourth-order valence-electron chi connectivity index (χ4n) is 3.34. The Bertz CT molecular complexity index is 914. The average Bonchev–Trinajstić information content (AvgIpc) is 3.35. The Hall–Kier alpha value is -2.68. The number of ether oxygens (including phenoxy) is 2. The summed E-state index contributed by atoms with van der Waals surface area (Å²) in [5.74, 6) is 2.04. The number of aromatic nitrogens is 2. The predicted molar refractivity (Wildman–Crippen MR) is 116 cm³/mol. The Kier molecular flexibility index (Phi) is 6.91. The molecule has 1 aliphatic heterocycles. The molecular formula is C21H28N4O4S. The molecule has 8 nitrogen and oxygen atoms in total. The third kappa shape index (κ3) is 4.72. The summed E-state index contributed by atoms with van der Waals surface area (Å²) in [5, 5.41) is 0.545. The highest BCUT2D eigenvalue weighted by Crippen LogP contribution is 2.35. The Morgan fingerprint density at radius 2 is 2.13 bits per heavy atom. The molecule has 1 saturated heterocycles. The lowest BCUT2D eigenvalue weighted by molar-refractivity contribution is -0.132. The molecule has 2 amide bonds. The smallest absolute Gasteiger partial charge is 0.248 e. The molecular weight excluding hydrogens is 404 g/mol. The first-order chi connectivity index (χ1) is 14.3. The number of carbonyl (C=O) groups is 2. The summed E-state index contributed by atoms with van der Waals surface area (Å²) in [6, 6.07) is 5.73. The van der Waals surface area contributed by atoms with Gasteiger partial charge in [-0.15, -0.1) is 0 Å². The molecule has 1 fully saturated rings. The zero-order chi connectivity index (χ0) is 21.8. The molecule has 1 aliphatic rings. The van der Waals surface area contributed by atoms with Gasteiger partial charge in [-0.3, -0.25) is 14.5 Å². The molecule has 162 valence electrons. The molecule has 0 aliphatic carbocycles. The van der Waals surface area contributed by atoms with Crippen LogP contribution in [-0.2, 0) is 9.59 Å². The fourth-order valence-corrected chi connectivity index (χ4v) is 4.12. The number of likely N-dealkylation sites (N-methyl/N-ethyl adjacent to an activating group) is 1. The monoisotopic (exact) mass is 432 g/mol. The minimum Gasteiger partial charge on any atom is -0.493 e. The van der Waals surface area contributed by atoms with E-state index in [0.717, 1.165) is 11.4 Å². The Morgan fingerprint density at radius 1 is 1.37 bits per heavy atom. The maximum atomic E-state index is 12.7. The molecule has 0 unspecified atom stereocenters. The van der Waals surface area contributed by atoms with Crippen LogP contribution in [0.15, 0.2) is 18.2 Å². The lowest BCUT2D eigenvalue weighted by Crippen LogP contribution is -2.39. The van der Waals surface area contributed by atoms with Gasteiger partial charge in [-0.2, -0.15) is 4.37 Å². The number of benzene rings is 1. The van der Waals surface area contributed by atoms with Crippen LogP contribution in [0.3, 0.4) is 0 Å². The van der Waals surface area contributed by atoms with Crippen molar-refractivity contribution in [3.8, 4) is 11.5 Å². The summed E-state index contributed by atoms with van der Waals surface area (Å²) in [7, 11) is 3.27. The number of likely N-dealkylation sites (tertiary alicyclic amines) is 1. The molecule has 9 heteroatoms. The van der Waals surface area contributed by atoms with E-state index in [2.05, 4.69) is 9.36 Å². The molecule has 1 aromatic heterocycles. The van der Waals surface area contributed by atoms with Gasteiger partial charge < -0.3 is 14.4 Å². The maximum Gasteiger partial charge on any atom is 0.248 e. The van der Waals surface area contributed by atoms with Gasteiger partial charge in [0.1, 0.15) is 12.4 Å². The molecule has 1 aromatic carbocycles. The van der Waals surface area contributed by atoms with Crippen molar-refractivity contribution in [2.24, 2.45) is 0 Å². The van der Waals surface area contributed by atoms with Crippen molar-refractivity contribution in [2.75, 3.05) is 38.8 Å². The van der Waals surface area contributed by atoms with Gasteiger partial charge in [0.2, 0.25) is 16.9 Å². The molecule has 0 saturated carbocycles. The van der Waals surface area contributed by atoms with E-state index in [-0.39, 0.29) is 30.2 Å². The highest BCUT2D eigenvalue weighted by Gasteiger charge is 2.33. The molecule has 2 aromatic rings. The standard InChI is InChI=1S/C21H28N4O4S/c1-6-29-17-9-14(7-8-16(17)28-5)15-10-18(26)25(11-15)12-19(27)24(4)21-22-20(13(2)3)23-30-21/h7-9,13,15H,6,10-12H2,1-5H3/t15-/m0/s1. The minimum absolute atomic E-state index is 0.00907. The molecule has 0 spiro atoms. The van der Waals surface area contributed by atoms with E-state index >= 15 is 0 Å². The highest BCUT2D eigenvalue weighted by atomic mass is 32.1. The van der Waals surface area contributed by atoms with Crippen molar-refractivity contribution in [1.29, 1.82) is 0 Å². The van der Waals surface area contributed by atoms with Gasteiger partial charge in [-0.05, 0) is 24.6 Å².